The van der Waals surface area contributed by atoms with Crippen LogP contribution >= 0.6 is 0 Å². The lowest BCUT2D eigenvalue weighted by Crippen LogP contribution is -2.45. The number of hydrogen-bond donors (Lipinski definition) is 1. The number of nitrogen functional groups attached to an aromatic ring is 1. The summed E-state index contributed by atoms with van der Waals surface area (Å²) in [5.74, 6) is -0.121. The third-order valence-corrected chi connectivity index (χ3v) is 3.53. The number of amides is 1. The molecule has 1 heterocycles. The largest absolute Gasteiger partial charge is 0.399 e. The van der Waals surface area contributed by atoms with Crippen molar-refractivity contribution in [2.45, 2.75) is 19.4 Å². The molecule has 1 amide bonds. The van der Waals surface area contributed by atoms with Gasteiger partial charge in [0.05, 0.1) is 17.8 Å². The zero-order valence-corrected chi connectivity index (χ0v) is 10.3. The summed E-state index contributed by atoms with van der Waals surface area (Å²) in [6.45, 7) is 3.87. The highest BCUT2D eigenvalue weighted by atomic mass is 16.2. The van der Waals surface area contributed by atoms with Gasteiger partial charge in [0.2, 0.25) is 5.91 Å². The Morgan fingerprint density at radius 1 is 1.47 bits per heavy atom. The van der Waals surface area contributed by atoms with Crippen LogP contribution in [-0.2, 0) is 10.3 Å². The quantitative estimate of drug-likeness (QED) is 0.747. The fraction of sp³-hybridized carbons (Fsp3) is 0.385. The molecule has 4 nitrogen and oxygen atoms in total. The Morgan fingerprint density at radius 2 is 2.18 bits per heavy atom. The highest BCUT2D eigenvalue weighted by molar-refractivity contribution is 5.92. The zero-order valence-electron chi connectivity index (χ0n) is 10.3. The van der Waals surface area contributed by atoms with Crippen LogP contribution in [0.25, 0.3) is 0 Å². The first-order chi connectivity index (χ1) is 7.95. The first-order valence-electron chi connectivity index (χ1n) is 5.63. The van der Waals surface area contributed by atoms with Gasteiger partial charge < -0.3 is 10.6 Å². The monoisotopic (exact) mass is 231 g/mol. The molecule has 1 aliphatic rings. The van der Waals surface area contributed by atoms with Crippen molar-refractivity contribution in [1.82, 2.24) is 4.90 Å². The average Bonchev–Trinajstić information content (AvgIpc) is 2.32. The SMILES string of the molecule is C[C@H]1C(=O)N(C)C=N[C@]1(C)c1cccc(N)c1. The fourth-order valence-electron chi connectivity index (χ4n) is 2.10. The number of carbonyl (C=O) groups is 1. The van der Waals surface area contributed by atoms with Gasteiger partial charge in [-0.05, 0) is 24.6 Å². The summed E-state index contributed by atoms with van der Waals surface area (Å²) in [5, 5.41) is 0. The van der Waals surface area contributed by atoms with Gasteiger partial charge in [-0.15, -0.1) is 0 Å². The lowest BCUT2D eigenvalue weighted by atomic mass is 9.79. The fourth-order valence-corrected chi connectivity index (χ4v) is 2.10. The van der Waals surface area contributed by atoms with Crippen molar-refractivity contribution in [3.63, 3.8) is 0 Å². The second kappa shape index (κ2) is 3.87. The molecule has 1 aromatic carbocycles. The van der Waals surface area contributed by atoms with E-state index in [0.717, 1.165) is 5.56 Å². The van der Waals surface area contributed by atoms with Gasteiger partial charge in [0, 0.05) is 12.7 Å². The van der Waals surface area contributed by atoms with Crippen LogP contribution in [-0.4, -0.2) is 24.2 Å². The second-order valence-electron chi connectivity index (χ2n) is 4.69. The van der Waals surface area contributed by atoms with Crippen LogP contribution in [0.2, 0.25) is 0 Å². The Hall–Kier alpha value is -1.84. The predicted octanol–water partition coefficient (Wildman–Crippen LogP) is 1.62. The van der Waals surface area contributed by atoms with E-state index in [1.165, 1.54) is 4.90 Å². The lowest BCUT2D eigenvalue weighted by Gasteiger charge is -2.37. The van der Waals surface area contributed by atoms with E-state index in [-0.39, 0.29) is 11.8 Å². The van der Waals surface area contributed by atoms with E-state index < -0.39 is 5.54 Å². The van der Waals surface area contributed by atoms with Crippen LogP contribution in [0.15, 0.2) is 29.3 Å². The molecule has 90 valence electrons. The van der Waals surface area contributed by atoms with E-state index in [0.29, 0.717) is 5.69 Å². The van der Waals surface area contributed by atoms with Gasteiger partial charge >= 0.3 is 0 Å². The number of anilines is 1. The van der Waals surface area contributed by atoms with Crippen LogP contribution in [0.4, 0.5) is 5.69 Å². The minimum absolute atomic E-state index is 0.0740. The summed E-state index contributed by atoms with van der Waals surface area (Å²) < 4.78 is 0. The molecule has 1 aliphatic heterocycles. The molecular weight excluding hydrogens is 214 g/mol. The van der Waals surface area contributed by atoms with Gasteiger partial charge in [-0.25, -0.2) is 0 Å². The molecule has 17 heavy (non-hydrogen) atoms. The van der Waals surface area contributed by atoms with Gasteiger partial charge in [0.1, 0.15) is 0 Å². The first kappa shape index (κ1) is 11.6. The minimum Gasteiger partial charge on any atom is -0.399 e. The second-order valence-corrected chi connectivity index (χ2v) is 4.69. The standard InChI is InChI=1S/C13H17N3O/c1-9-12(17)16(3)8-15-13(9,2)10-5-4-6-11(14)7-10/h4-9H,14H2,1-3H3/t9-,13-/m0/s1. The van der Waals surface area contributed by atoms with Crippen molar-refractivity contribution in [2.75, 3.05) is 12.8 Å². The van der Waals surface area contributed by atoms with Crippen molar-refractivity contribution in [3.05, 3.63) is 29.8 Å². The number of nitrogens with zero attached hydrogens (tertiary/aromatic N) is 2. The van der Waals surface area contributed by atoms with E-state index in [9.17, 15) is 4.79 Å². The molecule has 0 aromatic heterocycles. The Kier molecular flexibility index (Phi) is 2.65. The summed E-state index contributed by atoms with van der Waals surface area (Å²) in [6, 6.07) is 7.56. The summed E-state index contributed by atoms with van der Waals surface area (Å²) in [6.07, 6.45) is 1.59. The lowest BCUT2D eigenvalue weighted by molar-refractivity contribution is -0.132. The van der Waals surface area contributed by atoms with Crippen molar-refractivity contribution in [2.24, 2.45) is 10.9 Å². The van der Waals surface area contributed by atoms with E-state index in [1.54, 1.807) is 13.4 Å². The van der Waals surface area contributed by atoms with E-state index in [2.05, 4.69) is 4.99 Å². The Morgan fingerprint density at radius 3 is 2.82 bits per heavy atom. The van der Waals surface area contributed by atoms with Crippen LogP contribution in [0.5, 0.6) is 0 Å². The summed E-state index contributed by atoms with van der Waals surface area (Å²) in [5.41, 5.74) is 6.92. The molecule has 0 radical (unpaired) electrons. The molecule has 1 aromatic rings. The van der Waals surface area contributed by atoms with Gasteiger partial charge in [-0.2, -0.15) is 0 Å². The number of rotatable bonds is 1. The summed E-state index contributed by atoms with van der Waals surface area (Å²) in [4.78, 5) is 18.0. The molecule has 0 bridgehead atoms. The number of nitrogens with two attached hydrogens (primary N) is 1. The highest BCUT2D eigenvalue weighted by Crippen LogP contribution is 2.37. The van der Waals surface area contributed by atoms with Gasteiger partial charge in [0.15, 0.2) is 0 Å². The average molecular weight is 231 g/mol. The maximum absolute atomic E-state index is 12.0. The van der Waals surface area contributed by atoms with Crippen molar-refractivity contribution < 1.29 is 4.79 Å². The summed E-state index contributed by atoms with van der Waals surface area (Å²) in [7, 11) is 1.72. The van der Waals surface area contributed by atoms with Crippen molar-refractivity contribution in [3.8, 4) is 0 Å². The first-order valence-corrected chi connectivity index (χ1v) is 5.63. The molecule has 0 saturated heterocycles. The van der Waals surface area contributed by atoms with E-state index in [1.807, 2.05) is 38.1 Å². The summed E-state index contributed by atoms with van der Waals surface area (Å²) >= 11 is 0. The maximum Gasteiger partial charge on any atom is 0.233 e. The van der Waals surface area contributed by atoms with Gasteiger partial charge in [0.25, 0.3) is 0 Å². The van der Waals surface area contributed by atoms with Crippen LogP contribution in [0, 0.1) is 5.92 Å². The third kappa shape index (κ3) is 1.79. The van der Waals surface area contributed by atoms with Crippen molar-refractivity contribution in [1.29, 1.82) is 0 Å². The normalized spacial score (nSPS) is 28.5. The molecule has 0 fully saturated rings. The van der Waals surface area contributed by atoms with Crippen LogP contribution in [0.1, 0.15) is 19.4 Å². The smallest absolute Gasteiger partial charge is 0.233 e. The third-order valence-electron chi connectivity index (χ3n) is 3.53. The van der Waals surface area contributed by atoms with Crippen LogP contribution < -0.4 is 5.73 Å². The Labute approximate surface area is 101 Å². The highest BCUT2D eigenvalue weighted by Gasteiger charge is 2.40. The van der Waals surface area contributed by atoms with E-state index in [4.69, 9.17) is 5.73 Å². The van der Waals surface area contributed by atoms with Gasteiger partial charge in [-0.1, -0.05) is 19.1 Å². The molecule has 0 spiro atoms. The van der Waals surface area contributed by atoms with E-state index >= 15 is 0 Å². The number of benzene rings is 1. The molecule has 0 unspecified atom stereocenters. The zero-order chi connectivity index (χ0) is 12.6. The van der Waals surface area contributed by atoms with Crippen molar-refractivity contribution >= 4 is 17.9 Å². The molecular formula is C13H17N3O. The minimum atomic E-state index is -0.529. The topological polar surface area (TPSA) is 58.7 Å². The predicted molar refractivity (Wildman–Crippen MR) is 68.6 cm³/mol. The number of aliphatic imine (C=N–C) groups is 1. The Bertz CT molecular complexity index is 483. The van der Waals surface area contributed by atoms with Crippen LogP contribution in [0.3, 0.4) is 0 Å². The molecule has 4 heteroatoms. The van der Waals surface area contributed by atoms with Gasteiger partial charge in [-0.3, -0.25) is 9.79 Å². The number of carbonyl (C=O) groups excluding carboxylic acids is 1. The molecule has 0 saturated carbocycles. The molecule has 2 rings (SSSR count). The molecule has 2 atom stereocenters. The maximum atomic E-state index is 12.0. The molecule has 0 aliphatic carbocycles. The Balaban J connectivity index is 2.49. The number of hydrogen-bond acceptors (Lipinski definition) is 3. The molecule has 2 N–H and O–H groups in total.